The Morgan fingerprint density at radius 1 is 1.47 bits per heavy atom. The summed E-state index contributed by atoms with van der Waals surface area (Å²) in [5.74, 6) is 0.443. The van der Waals surface area contributed by atoms with Gasteiger partial charge in [0.25, 0.3) is 0 Å². The highest BCUT2D eigenvalue weighted by Gasteiger charge is 2.50. The maximum absolute atomic E-state index is 12.1. The Balaban J connectivity index is 1.95. The first kappa shape index (κ1) is 10.5. The number of hydrogen-bond donors (Lipinski definition) is 1. The lowest BCUT2D eigenvalue weighted by molar-refractivity contribution is -0.121. The van der Waals surface area contributed by atoms with Crippen molar-refractivity contribution in [2.24, 2.45) is 0 Å². The molecular formula is C13H19NO. The van der Waals surface area contributed by atoms with Gasteiger partial charge in [0.1, 0.15) is 5.78 Å². The van der Waals surface area contributed by atoms with Gasteiger partial charge in [-0.2, -0.15) is 0 Å². The first-order valence-corrected chi connectivity index (χ1v) is 5.97. The van der Waals surface area contributed by atoms with Gasteiger partial charge < -0.3 is 4.98 Å². The molecule has 1 N–H and O–H groups in total. The molecule has 82 valence electrons. The van der Waals surface area contributed by atoms with Gasteiger partial charge in [-0.3, -0.25) is 4.79 Å². The zero-order valence-electron chi connectivity index (χ0n) is 9.38. The maximum atomic E-state index is 12.1. The molecule has 0 spiro atoms. The van der Waals surface area contributed by atoms with Crippen LogP contribution in [0.2, 0.25) is 0 Å². The Morgan fingerprint density at radius 3 is 2.80 bits per heavy atom. The molecule has 0 unspecified atom stereocenters. The lowest BCUT2D eigenvalue weighted by atomic mass is 9.93. The van der Waals surface area contributed by atoms with Crippen LogP contribution in [0.3, 0.4) is 0 Å². The van der Waals surface area contributed by atoms with E-state index in [0.29, 0.717) is 5.78 Å². The molecule has 1 fully saturated rings. The predicted octanol–water partition coefficient (Wildman–Crippen LogP) is 3.20. The molecular weight excluding hydrogens is 186 g/mol. The summed E-state index contributed by atoms with van der Waals surface area (Å²) in [5.41, 5.74) is 1.01. The van der Waals surface area contributed by atoms with Gasteiger partial charge in [-0.05, 0) is 31.4 Å². The van der Waals surface area contributed by atoms with E-state index in [1.165, 1.54) is 12.8 Å². The molecule has 1 aromatic heterocycles. The summed E-state index contributed by atoms with van der Waals surface area (Å²) in [5, 5.41) is 0. The Bertz CT molecular complexity index is 322. The van der Waals surface area contributed by atoms with E-state index in [1.807, 2.05) is 18.3 Å². The van der Waals surface area contributed by atoms with Crippen molar-refractivity contribution in [3.05, 3.63) is 24.0 Å². The number of aromatic nitrogens is 1. The van der Waals surface area contributed by atoms with Crippen LogP contribution in [-0.4, -0.2) is 10.8 Å². The van der Waals surface area contributed by atoms with Gasteiger partial charge in [0, 0.05) is 18.3 Å². The minimum absolute atomic E-state index is 0.114. The van der Waals surface area contributed by atoms with Crippen LogP contribution in [0.25, 0.3) is 0 Å². The van der Waals surface area contributed by atoms with Crippen LogP contribution < -0.4 is 0 Å². The molecule has 1 aliphatic carbocycles. The van der Waals surface area contributed by atoms with Gasteiger partial charge in [-0.1, -0.05) is 19.8 Å². The first-order chi connectivity index (χ1) is 7.29. The second kappa shape index (κ2) is 4.21. The highest BCUT2D eigenvalue weighted by atomic mass is 16.1. The summed E-state index contributed by atoms with van der Waals surface area (Å²) in [4.78, 5) is 15.3. The average molecular weight is 205 g/mol. The fourth-order valence-corrected chi connectivity index (χ4v) is 2.23. The molecule has 1 aliphatic rings. The number of rotatable bonds is 6. The lowest BCUT2D eigenvalue weighted by Crippen LogP contribution is -2.20. The van der Waals surface area contributed by atoms with Crippen molar-refractivity contribution in [3.63, 3.8) is 0 Å². The molecule has 2 rings (SSSR count). The summed E-state index contributed by atoms with van der Waals surface area (Å²) in [7, 11) is 0. The summed E-state index contributed by atoms with van der Waals surface area (Å²) in [6, 6.07) is 4.03. The molecule has 0 aromatic carbocycles. The molecule has 0 bridgehead atoms. The number of aromatic amines is 1. The van der Waals surface area contributed by atoms with Crippen LogP contribution in [0.15, 0.2) is 18.3 Å². The van der Waals surface area contributed by atoms with Gasteiger partial charge >= 0.3 is 0 Å². The minimum Gasteiger partial charge on any atom is -0.364 e. The third kappa shape index (κ3) is 1.99. The molecule has 1 aromatic rings. The van der Waals surface area contributed by atoms with Gasteiger partial charge in [-0.25, -0.2) is 0 Å². The largest absolute Gasteiger partial charge is 0.364 e. The summed E-state index contributed by atoms with van der Waals surface area (Å²) < 4.78 is 0. The monoisotopic (exact) mass is 205 g/mol. The van der Waals surface area contributed by atoms with Crippen LogP contribution in [0.4, 0.5) is 0 Å². The van der Waals surface area contributed by atoms with Crippen molar-refractivity contribution in [2.75, 3.05) is 0 Å². The zero-order chi connectivity index (χ0) is 10.7. The van der Waals surface area contributed by atoms with Crippen molar-refractivity contribution in [2.45, 2.75) is 50.9 Å². The lowest BCUT2D eigenvalue weighted by Gasteiger charge is -2.11. The highest BCUT2D eigenvalue weighted by Crippen LogP contribution is 2.49. The molecule has 1 saturated carbocycles. The second-order valence-corrected chi connectivity index (χ2v) is 4.55. The molecule has 2 heteroatoms. The van der Waals surface area contributed by atoms with Gasteiger partial charge in [-0.15, -0.1) is 0 Å². The predicted molar refractivity (Wildman–Crippen MR) is 60.9 cm³/mol. The quantitative estimate of drug-likeness (QED) is 0.711. The number of carbonyl (C=O) groups is 1. The third-order valence-electron chi connectivity index (χ3n) is 3.40. The van der Waals surface area contributed by atoms with Crippen molar-refractivity contribution >= 4 is 5.78 Å². The fraction of sp³-hybridized carbons (Fsp3) is 0.615. The van der Waals surface area contributed by atoms with E-state index in [9.17, 15) is 4.79 Å². The number of hydrogen-bond acceptors (Lipinski definition) is 1. The number of unbranched alkanes of at least 4 members (excludes halogenated alkanes) is 2. The molecule has 2 nitrogen and oxygen atoms in total. The first-order valence-electron chi connectivity index (χ1n) is 5.97. The van der Waals surface area contributed by atoms with E-state index < -0.39 is 0 Å². The highest BCUT2D eigenvalue weighted by molar-refractivity contribution is 5.92. The van der Waals surface area contributed by atoms with Crippen LogP contribution in [-0.2, 0) is 10.2 Å². The Labute approximate surface area is 91.1 Å². The van der Waals surface area contributed by atoms with Gasteiger partial charge in [0.15, 0.2) is 0 Å². The van der Waals surface area contributed by atoms with E-state index in [1.54, 1.807) is 0 Å². The molecule has 0 radical (unpaired) electrons. The van der Waals surface area contributed by atoms with Crippen LogP contribution in [0, 0.1) is 0 Å². The SMILES string of the molecule is CCCCCC(=O)C1(c2ccc[nH]2)CC1. The molecule has 1 heterocycles. The van der Waals surface area contributed by atoms with E-state index in [2.05, 4.69) is 11.9 Å². The molecule has 0 atom stereocenters. The molecule has 0 aliphatic heterocycles. The number of Topliss-reactive ketones (excluding diaryl/α,β-unsaturated/α-hetero) is 1. The van der Waals surface area contributed by atoms with Gasteiger partial charge in [0.05, 0.1) is 5.41 Å². The average Bonchev–Trinajstić information content (AvgIpc) is 2.87. The van der Waals surface area contributed by atoms with Crippen molar-refractivity contribution in [1.82, 2.24) is 4.98 Å². The Kier molecular flexibility index (Phi) is 2.94. The van der Waals surface area contributed by atoms with Crippen LogP contribution in [0.5, 0.6) is 0 Å². The standard InChI is InChI=1S/C13H19NO/c1-2-3-4-7-12(15)13(8-9-13)11-6-5-10-14-11/h5-6,10,14H,2-4,7-9H2,1H3. The van der Waals surface area contributed by atoms with Crippen molar-refractivity contribution in [3.8, 4) is 0 Å². The smallest absolute Gasteiger partial charge is 0.144 e. The minimum atomic E-state index is -0.114. The number of ketones is 1. The molecule has 0 saturated heterocycles. The summed E-state index contributed by atoms with van der Waals surface area (Å²) in [6.45, 7) is 2.17. The Morgan fingerprint density at radius 2 is 2.27 bits per heavy atom. The van der Waals surface area contributed by atoms with Gasteiger partial charge in [0.2, 0.25) is 0 Å². The van der Waals surface area contributed by atoms with Crippen molar-refractivity contribution in [1.29, 1.82) is 0 Å². The molecule has 15 heavy (non-hydrogen) atoms. The maximum Gasteiger partial charge on any atom is 0.144 e. The van der Waals surface area contributed by atoms with E-state index >= 15 is 0 Å². The second-order valence-electron chi connectivity index (χ2n) is 4.55. The van der Waals surface area contributed by atoms with Crippen molar-refractivity contribution < 1.29 is 4.79 Å². The van der Waals surface area contributed by atoms with E-state index in [-0.39, 0.29) is 5.41 Å². The van der Waals surface area contributed by atoms with E-state index in [4.69, 9.17) is 0 Å². The Hall–Kier alpha value is -1.05. The zero-order valence-corrected chi connectivity index (χ0v) is 9.38. The third-order valence-corrected chi connectivity index (χ3v) is 3.40. The normalized spacial score (nSPS) is 17.7. The number of H-pyrrole nitrogens is 1. The fourth-order valence-electron chi connectivity index (χ4n) is 2.23. The molecule has 0 amide bonds. The topological polar surface area (TPSA) is 32.9 Å². The number of nitrogens with one attached hydrogen (secondary N) is 1. The summed E-state index contributed by atoms with van der Waals surface area (Å²) >= 11 is 0. The van der Waals surface area contributed by atoms with Crippen LogP contribution >= 0.6 is 0 Å². The number of carbonyl (C=O) groups excluding carboxylic acids is 1. The van der Waals surface area contributed by atoms with E-state index in [0.717, 1.165) is 31.4 Å². The summed E-state index contributed by atoms with van der Waals surface area (Å²) in [6.07, 6.45) is 8.16. The van der Waals surface area contributed by atoms with Crippen LogP contribution in [0.1, 0.15) is 51.1 Å².